The maximum absolute atomic E-state index is 11.8. The number of benzene rings is 1. The monoisotopic (exact) mass is 292 g/mol. The van der Waals surface area contributed by atoms with Gasteiger partial charge in [0.25, 0.3) is 0 Å². The molecule has 1 aliphatic heterocycles. The van der Waals surface area contributed by atoms with Crippen LogP contribution < -0.4 is 9.64 Å². The number of aryl methyl sites for hydroxylation is 1. The molecule has 0 spiro atoms. The van der Waals surface area contributed by atoms with E-state index in [4.69, 9.17) is 9.47 Å². The van der Waals surface area contributed by atoms with Crippen molar-refractivity contribution in [2.75, 3.05) is 32.8 Å². The number of quaternary nitrogens is 1. The summed E-state index contributed by atoms with van der Waals surface area (Å²) in [6, 6.07) is 8.11. The number of rotatable bonds is 6. The van der Waals surface area contributed by atoms with Crippen molar-refractivity contribution in [3.63, 3.8) is 0 Å². The number of ether oxygens (including phenoxy) is 2. The summed E-state index contributed by atoms with van der Waals surface area (Å²) in [6.45, 7) is 8.01. The highest BCUT2D eigenvalue weighted by Gasteiger charge is 2.29. The average Bonchev–Trinajstić information content (AvgIpc) is 2.48. The first kappa shape index (κ1) is 15.8. The Hall–Kier alpha value is -1.55. The molecule has 0 aromatic heterocycles. The van der Waals surface area contributed by atoms with Gasteiger partial charge in [0.2, 0.25) is 0 Å². The fourth-order valence-electron chi connectivity index (χ4n) is 2.86. The second kappa shape index (κ2) is 8.03. The second-order valence-electron chi connectivity index (χ2n) is 5.71. The molecule has 1 saturated heterocycles. The van der Waals surface area contributed by atoms with Gasteiger partial charge in [-0.25, -0.2) is 0 Å². The van der Waals surface area contributed by atoms with Crippen molar-refractivity contribution >= 4 is 5.97 Å². The van der Waals surface area contributed by atoms with Crippen molar-refractivity contribution in [1.29, 1.82) is 0 Å². The molecule has 0 saturated carbocycles. The molecule has 0 bridgehead atoms. The van der Waals surface area contributed by atoms with Crippen LogP contribution >= 0.6 is 0 Å². The van der Waals surface area contributed by atoms with Crippen LogP contribution in [0.1, 0.15) is 25.3 Å². The van der Waals surface area contributed by atoms with Crippen LogP contribution in [0.4, 0.5) is 0 Å². The van der Waals surface area contributed by atoms with Gasteiger partial charge in [-0.3, -0.25) is 4.79 Å². The van der Waals surface area contributed by atoms with E-state index in [0.29, 0.717) is 13.2 Å². The Bertz CT molecular complexity index is 461. The molecular weight excluding hydrogens is 266 g/mol. The second-order valence-corrected chi connectivity index (χ2v) is 5.71. The summed E-state index contributed by atoms with van der Waals surface area (Å²) in [5.41, 5.74) is 1.21. The topological polar surface area (TPSA) is 40.0 Å². The van der Waals surface area contributed by atoms with Crippen LogP contribution in [-0.2, 0) is 9.53 Å². The Balaban J connectivity index is 1.74. The molecule has 2 atom stereocenters. The number of likely N-dealkylation sites (tertiary alicyclic amines) is 1. The van der Waals surface area contributed by atoms with E-state index in [1.807, 2.05) is 25.1 Å². The van der Waals surface area contributed by atoms with Crippen LogP contribution in [-0.4, -0.2) is 38.8 Å². The summed E-state index contributed by atoms with van der Waals surface area (Å²) in [6.07, 6.45) is 2.05. The van der Waals surface area contributed by atoms with E-state index < -0.39 is 0 Å². The summed E-state index contributed by atoms with van der Waals surface area (Å²) in [5.74, 6) is 0.954. The summed E-state index contributed by atoms with van der Waals surface area (Å²) < 4.78 is 10.9. The van der Waals surface area contributed by atoms with E-state index in [1.165, 1.54) is 10.5 Å². The Morgan fingerprint density at radius 3 is 3.05 bits per heavy atom. The molecule has 0 radical (unpaired) electrons. The third-order valence-electron chi connectivity index (χ3n) is 3.95. The molecule has 1 heterocycles. The highest BCUT2D eigenvalue weighted by molar-refractivity contribution is 5.72. The predicted octanol–water partition coefficient (Wildman–Crippen LogP) is 1.23. The van der Waals surface area contributed by atoms with Gasteiger partial charge in [0, 0.05) is 0 Å². The first-order chi connectivity index (χ1) is 10.2. The average molecular weight is 292 g/mol. The highest BCUT2D eigenvalue weighted by atomic mass is 16.5. The fourth-order valence-corrected chi connectivity index (χ4v) is 2.86. The zero-order valence-corrected chi connectivity index (χ0v) is 13.1. The summed E-state index contributed by atoms with van der Waals surface area (Å²) in [4.78, 5) is 13.2. The molecule has 1 aromatic carbocycles. The molecule has 1 unspecified atom stereocenters. The Labute approximate surface area is 127 Å². The zero-order valence-electron chi connectivity index (χ0n) is 13.1. The first-order valence-corrected chi connectivity index (χ1v) is 7.88. The van der Waals surface area contributed by atoms with E-state index in [0.717, 1.165) is 38.2 Å². The smallest absolute Gasteiger partial charge is 0.314 e. The van der Waals surface area contributed by atoms with Crippen molar-refractivity contribution < 1.29 is 19.2 Å². The van der Waals surface area contributed by atoms with Gasteiger partial charge in [-0.2, -0.15) is 0 Å². The van der Waals surface area contributed by atoms with Crippen molar-refractivity contribution in [2.24, 2.45) is 5.92 Å². The van der Waals surface area contributed by atoms with E-state index in [1.54, 1.807) is 0 Å². The summed E-state index contributed by atoms with van der Waals surface area (Å²) in [5, 5.41) is 0. The number of carbonyl (C=O) groups is 1. The molecule has 1 N–H and O–H groups in total. The zero-order chi connectivity index (χ0) is 15.1. The quantitative estimate of drug-likeness (QED) is 0.802. The van der Waals surface area contributed by atoms with Crippen molar-refractivity contribution in [3.05, 3.63) is 29.8 Å². The molecule has 4 nitrogen and oxygen atoms in total. The molecule has 4 heteroatoms. The Kier molecular flexibility index (Phi) is 6.05. The van der Waals surface area contributed by atoms with Gasteiger partial charge < -0.3 is 14.4 Å². The molecule has 21 heavy (non-hydrogen) atoms. The van der Waals surface area contributed by atoms with E-state index in [-0.39, 0.29) is 11.9 Å². The molecule has 1 aromatic rings. The van der Waals surface area contributed by atoms with Crippen molar-refractivity contribution in [1.82, 2.24) is 0 Å². The first-order valence-electron chi connectivity index (χ1n) is 7.88. The lowest BCUT2D eigenvalue weighted by atomic mass is 9.98. The van der Waals surface area contributed by atoms with Gasteiger partial charge in [0.1, 0.15) is 24.8 Å². The number of nitrogens with one attached hydrogen (secondary N) is 1. The number of hydrogen-bond donors (Lipinski definition) is 1. The molecule has 2 rings (SSSR count). The molecule has 1 fully saturated rings. The van der Waals surface area contributed by atoms with Crippen LogP contribution in [0, 0.1) is 12.8 Å². The lowest BCUT2D eigenvalue weighted by Gasteiger charge is -2.28. The minimum absolute atomic E-state index is 0.0331. The number of carbonyl (C=O) groups excluding carboxylic acids is 1. The molecule has 0 amide bonds. The van der Waals surface area contributed by atoms with Gasteiger partial charge in [-0.15, -0.1) is 0 Å². The van der Waals surface area contributed by atoms with Gasteiger partial charge >= 0.3 is 5.97 Å². The lowest BCUT2D eigenvalue weighted by molar-refractivity contribution is -0.907. The van der Waals surface area contributed by atoms with Gasteiger partial charge in [0.15, 0.2) is 0 Å². The minimum atomic E-state index is -0.0331. The molecule has 116 valence electrons. The summed E-state index contributed by atoms with van der Waals surface area (Å²) >= 11 is 0. The van der Waals surface area contributed by atoms with Gasteiger partial charge in [-0.05, 0) is 44.4 Å². The number of hydrogen-bond acceptors (Lipinski definition) is 3. The Morgan fingerprint density at radius 2 is 2.29 bits per heavy atom. The van der Waals surface area contributed by atoms with Crippen molar-refractivity contribution in [3.8, 4) is 5.75 Å². The largest absolute Gasteiger partial charge is 0.488 e. The third kappa shape index (κ3) is 5.05. The van der Waals surface area contributed by atoms with Crippen LogP contribution in [0.2, 0.25) is 0 Å². The van der Waals surface area contributed by atoms with E-state index >= 15 is 0 Å². The Morgan fingerprint density at radius 1 is 1.43 bits per heavy atom. The van der Waals surface area contributed by atoms with Crippen LogP contribution in [0.15, 0.2) is 24.3 Å². The molecule has 1 aliphatic rings. The van der Waals surface area contributed by atoms with Crippen molar-refractivity contribution in [2.45, 2.75) is 26.7 Å². The normalized spacial score (nSPS) is 21.8. The fraction of sp³-hybridized carbons (Fsp3) is 0.588. The summed E-state index contributed by atoms with van der Waals surface area (Å²) in [7, 11) is 0. The molecule has 0 aliphatic carbocycles. The van der Waals surface area contributed by atoms with E-state index in [2.05, 4.69) is 13.0 Å². The third-order valence-corrected chi connectivity index (χ3v) is 3.95. The number of esters is 1. The predicted molar refractivity (Wildman–Crippen MR) is 81.6 cm³/mol. The maximum Gasteiger partial charge on any atom is 0.314 e. The SMILES string of the molecule is CCOC(=O)[C@H]1CCC[NH+](CCOc2cccc(C)c2)C1. The van der Waals surface area contributed by atoms with Gasteiger partial charge in [-0.1, -0.05) is 12.1 Å². The standard InChI is InChI=1S/C17H25NO3/c1-3-20-17(19)15-7-5-9-18(13-15)10-11-21-16-8-4-6-14(2)12-16/h4,6,8,12,15H,3,5,7,9-11,13H2,1-2H3/p+1/t15-/m0/s1. The van der Waals surface area contributed by atoms with Crippen LogP contribution in [0.25, 0.3) is 0 Å². The van der Waals surface area contributed by atoms with Crippen LogP contribution in [0.3, 0.4) is 0 Å². The number of piperidine rings is 1. The minimum Gasteiger partial charge on any atom is -0.488 e. The molecular formula is C17H26NO3+. The maximum atomic E-state index is 11.8. The lowest BCUT2D eigenvalue weighted by Crippen LogP contribution is -3.14. The van der Waals surface area contributed by atoms with Crippen LogP contribution in [0.5, 0.6) is 5.75 Å². The highest BCUT2D eigenvalue weighted by Crippen LogP contribution is 2.12. The van der Waals surface area contributed by atoms with Gasteiger partial charge in [0.05, 0.1) is 19.7 Å². The van der Waals surface area contributed by atoms with E-state index in [9.17, 15) is 4.79 Å².